The molecule has 1 amide bonds. The summed E-state index contributed by atoms with van der Waals surface area (Å²) in [7, 11) is 0. The van der Waals surface area contributed by atoms with Crippen LogP contribution in [0.15, 0.2) is 24.4 Å². The molecule has 0 spiro atoms. The number of nitrogens with one attached hydrogen (secondary N) is 1. The zero-order valence-corrected chi connectivity index (χ0v) is 12.0. The molecule has 1 aromatic heterocycles. The molecule has 1 heterocycles. The number of halogens is 1. The van der Waals surface area contributed by atoms with Gasteiger partial charge in [-0.3, -0.25) is 14.9 Å². The Kier molecular flexibility index (Phi) is 4.31. The molecule has 104 valence electrons. The van der Waals surface area contributed by atoms with Crippen LogP contribution >= 0.6 is 22.9 Å². The van der Waals surface area contributed by atoms with Crippen LogP contribution in [0.25, 0.3) is 0 Å². The molecule has 8 heteroatoms. The van der Waals surface area contributed by atoms with Crippen LogP contribution in [0.4, 0.5) is 5.69 Å². The molecule has 20 heavy (non-hydrogen) atoms. The van der Waals surface area contributed by atoms with Gasteiger partial charge >= 0.3 is 0 Å². The summed E-state index contributed by atoms with van der Waals surface area (Å²) in [6.07, 6.45) is 1.71. The van der Waals surface area contributed by atoms with Gasteiger partial charge < -0.3 is 5.32 Å². The van der Waals surface area contributed by atoms with E-state index in [0.29, 0.717) is 0 Å². The fraction of sp³-hybridized carbons (Fsp3) is 0.167. The smallest absolute Gasteiger partial charge is 0.270 e. The summed E-state index contributed by atoms with van der Waals surface area (Å²) in [4.78, 5) is 27.3. The van der Waals surface area contributed by atoms with Crippen molar-refractivity contribution < 1.29 is 9.72 Å². The fourth-order valence-electron chi connectivity index (χ4n) is 1.54. The van der Waals surface area contributed by atoms with Gasteiger partial charge in [0.2, 0.25) is 0 Å². The highest BCUT2D eigenvalue weighted by Gasteiger charge is 2.15. The Labute approximate surface area is 123 Å². The number of amides is 1. The molecule has 0 radical (unpaired) electrons. The first-order chi connectivity index (χ1) is 9.47. The van der Waals surface area contributed by atoms with E-state index in [1.807, 2.05) is 6.92 Å². The number of nitro groups is 1. The topological polar surface area (TPSA) is 85.1 Å². The molecule has 0 aliphatic rings. The molecule has 0 saturated heterocycles. The minimum absolute atomic E-state index is 0.0779. The maximum atomic E-state index is 12.0. The van der Waals surface area contributed by atoms with Gasteiger partial charge in [0.1, 0.15) is 5.01 Å². The summed E-state index contributed by atoms with van der Waals surface area (Å²) in [5.41, 5.74) is -0.0983. The number of rotatable bonds is 4. The Bertz CT molecular complexity index is 672. The van der Waals surface area contributed by atoms with Gasteiger partial charge in [0.15, 0.2) is 0 Å². The normalized spacial score (nSPS) is 10.3. The summed E-state index contributed by atoms with van der Waals surface area (Å²) < 4.78 is 0. The SMILES string of the molecule is Cc1cnc(CNC(=O)c2cc([N+](=O)[O-])ccc2Cl)s1. The third-order valence-electron chi connectivity index (χ3n) is 2.47. The Morgan fingerprint density at radius 3 is 2.90 bits per heavy atom. The average Bonchev–Trinajstić information content (AvgIpc) is 2.82. The third-order valence-corrected chi connectivity index (χ3v) is 3.72. The molecular weight excluding hydrogens is 302 g/mol. The van der Waals surface area contributed by atoms with Gasteiger partial charge in [-0.15, -0.1) is 11.3 Å². The van der Waals surface area contributed by atoms with Crippen LogP contribution in [0, 0.1) is 17.0 Å². The number of aromatic nitrogens is 1. The molecule has 0 saturated carbocycles. The Hall–Kier alpha value is -1.99. The zero-order valence-electron chi connectivity index (χ0n) is 10.4. The van der Waals surface area contributed by atoms with E-state index in [2.05, 4.69) is 10.3 Å². The average molecular weight is 312 g/mol. The van der Waals surface area contributed by atoms with Gasteiger partial charge in [0, 0.05) is 23.2 Å². The Morgan fingerprint density at radius 2 is 2.30 bits per heavy atom. The van der Waals surface area contributed by atoms with Gasteiger partial charge in [-0.2, -0.15) is 0 Å². The highest BCUT2D eigenvalue weighted by atomic mass is 35.5. The zero-order chi connectivity index (χ0) is 14.7. The highest BCUT2D eigenvalue weighted by molar-refractivity contribution is 7.11. The van der Waals surface area contributed by atoms with Gasteiger partial charge in [0.05, 0.1) is 22.1 Å². The molecule has 2 aromatic rings. The van der Waals surface area contributed by atoms with Crippen LogP contribution in [0.3, 0.4) is 0 Å². The van der Waals surface area contributed by atoms with E-state index in [1.54, 1.807) is 6.20 Å². The Morgan fingerprint density at radius 1 is 1.55 bits per heavy atom. The monoisotopic (exact) mass is 311 g/mol. The lowest BCUT2D eigenvalue weighted by Gasteiger charge is -2.05. The second-order valence-electron chi connectivity index (χ2n) is 3.97. The third kappa shape index (κ3) is 3.31. The summed E-state index contributed by atoms with van der Waals surface area (Å²) in [5, 5.41) is 14.3. The molecule has 0 fully saturated rings. The second kappa shape index (κ2) is 5.98. The van der Waals surface area contributed by atoms with Crippen molar-refractivity contribution in [1.29, 1.82) is 0 Å². The number of aryl methyl sites for hydroxylation is 1. The molecule has 0 bridgehead atoms. The van der Waals surface area contributed by atoms with E-state index < -0.39 is 10.8 Å². The number of nitrogens with zero attached hydrogens (tertiary/aromatic N) is 2. The van der Waals surface area contributed by atoms with E-state index in [-0.39, 0.29) is 22.8 Å². The maximum Gasteiger partial charge on any atom is 0.270 e. The first kappa shape index (κ1) is 14.4. The minimum Gasteiger partial charge on any atom is -0.345 e. The summed E-state index contributed by atoms with van der Waals surface area (Å²) in [5.74, 6) is -0.466. The van der Waals surface area contributed by atoms with Gasteiger partial charge in [0.25, 0.3) is 11.6 Å². The first-order valence-corrected chi connectivity index (χ1v) is 6.80. The number of hydrogen-bond acceptors (Lipinski definition) is 5. The lowest BCUT2D eigenvalue weighted by molar-refractivity contribution is -0.384. The first-order valence-electron chi connectivity index (χ1n) is 5.61. The van der Waals surface area contributed by atoms with Crippen molar-refractivity contribution in [3.63, 3.8) is 0 Å². The maximum absolute atomic E-state index is 12.0. The summed E-state index contributed by atoms with van der Waals surface area (Å²) in [6.45, 7) is 2.18. The van der Waals surface area contributed by atoms with Crippen LogP contribution in [-0.4, -0.2) is 15.8 Å². The van der Waals surface area contributed by atoms with Crippen molar-refractivity contribution in [3.05, 3.63) is 55.0 Å². The quantitative estimate of drug-likeness (QED) is 0.695. The van der Waals surface area contributed by atoms with Gasteiger partial charge in [-0.25, -0.2) is 4.98 Å². The number of carbonyl (C=O) groups is 1. The van der Waals surface area contributed by atoms with E-state index >= 15 is 0 Å². The molecular formula is C12H10ClN3O3S. The van der Waals surface area contributed by atoms with Crippen LogP contribution in [0.2, 0.25) is 5.02 Å². The van der Waals surface area contributed by atoms with Gasteiger partial charge in [-0.05, 0) is 13.0 Å². The lowest BCUT2D eigenvalue weighted by Crippen LogP contribution is -2.23. The summed E-state index contributed by atoms with van der Waals surface area (Å²) >= 11 is 7.36. The molecule has 2 rings (SSSR count). The molecule has 0 aliphatic carbocycles. The van der Waals surface area contributed by atoms with Crippen LogP contribution in [0.1, 0.15) is 20.2 Å². The second-order valence-corrected chi connectivity index (χ2v) is 5.70. The highest BCUT2D eigenvalue weighted by Crippen LogP contribution is 2.22. The fourth-order valence-corrected chi connectivity index (χ4v) is 2.47. The summed E-state index contributed by atoms with van der Waals surface area (Å²) in [6, 6.07) is 3.75. The van der Waals surface area contributed by atoms with Crippen LogP contribution in [0.5, 0.6) is 0 Å². The number of benzene rings is 1. The van der Waals surface area contributed by atoms with E-state index in [9.17, 15) is 14.9 Å². The molecule has 1 N–H and O–H groups in total. The van der Waals surface area contributed by atoms with Crippen LogP contribution in [-0.2, 0) is 6.54 Å². The van der Waals surface area contributed by atoms with E-state index in [4.69, 9.17) is 11.6 Å². The molecule has 1 aromatic carbocycles. The number of thiazole rings is 1. The van der Waals surface area contributed by atoms with Crippen molar-refractivity contribution in [2.75, 3.05) is 0 Å². The largest absolute Gasteiger partial charge is 0.345 e. The Balaban J connectivity index is 2.12. The number of nitro benzene ring substituents is 1. The molecule has 0 atom stereocenters. The molecule has 0 aliphatic heterocycles. The van der Waals surface area contributed by atoms with Crippen molar-refractivity contribution in [2.24, 2.45) is 0 Å². The number of carbonyl (C=O) groups excluding carboxylic acids is 1. The molecule has 6 nitrogen and oxygen atoms in total. The van der Waals surface area contributed by atoms with Crippen LogP contribution < -0.4 is 5.32 Å². The molecule has 0 unspecified atom stereocenters. The van der Waals surface area contributed by atoms with Crippen molar-refractivity contribution in [3.8, 4) is 0 Å². The van der Waals surface area contributed by atoms with E-state index in [1.165, 1.54) is 23.5 Å². The lowest BCUT2D eigenvalue weighted by atomic mass is 10.2. The van der Waals surface area contributed by atoms with Crippen molar-refractivity contribution in [2.45, 2.75) is 13.5 Å². The number of hydrogen-bond donors (Lipinski definition) is 1. The minimum atomic E-state index is -0.572. The van der Waals surface area contributed by atoms with E-state index in [0.717, 1.165) is 16.0 Å². The standard InChI is InChI=1S/C12H10ClN3O3S/c1-7-5-14-11(20-7)6-15-12(17)9-4-8(16(18)19)2-3-10(9)13/h2-5H,6H2,1H3,(H,15,17). The predicted molar refractivity (Wildman–Crippen MR) is 76.1 cm³/mol. The van der Waals surface area contributed by atoms with Gasteiger partial charge in [-0.1, -0.05) is 11.6 Å². The predicted octanol–water partition coefficient (Wildman–Crippen LogP) is 2.94. The van der Waals surface area contributed by atoms with Crippen molar-refractivity contribution >= 4 is 34.5 Å². The van der Waals surface area contributed by atoms with Crippen molar-refractivity contribution in [1.82, 2.24) is 10.3 Å². The number of non-ortho nitro benzene ring substituents is 1.